The molecule has 20 nitrogen and oxygen atoms in total. The molecule has 2 aromatic rings. The minimum atomic E-state index is -1.96. The SMILES string of the molecule is COc1ccc([C@H]2CC(=O)c3c(O)cc(OC4OC(COC5OC(C)C(O)C(O)C5O)C(OC5OC(CO)C(O)C(O)C5O)C(O)C4O)cc3O2)cc1O. The van der Waals surface area contributed by atoms with E-state index in [-0.39, 0.29) is 35.0 Å². The van der Waals surface area contributed by atoms with Gasteiger partial charge in [-0.3, -0.25) is 4.79 Å². The highest BCUT2D eigenvalue weighted by Gasteiger charge is 2.52. The molecule has 20 heteroatoms. The molecule has 54 heavy (non-hydrogen) atoms. The van der Waals surface area contributed by atoms with Crippen molar-refractivity contribution in [2.75, 3.05) is 20.3 Å². The summed E-state index contributed by atoms with van der Waals surface area (Å²) in [7, 11) is 1.37. The number of carbonyl (C=O) groups excluding carboxylic acids is 1. The molecule has 4 aliphatic rings. The quantitative estimate of drug-likeness (QED) is 0.112. The number of hydrogen-bond donors (Lipinski definition) is 11. The lowest BCUT2D eigenvalue weighted by atomic mass is 9.95. The number of hydrogen-bond acceptors (Lipinski definition) is 20. The lowest BCUT2D eigenvalue weighted by molar-refractivity contribution is -0.359. The molecule has 3 fully saturated rings. The first-order chi connectivity index (χ1) is 25.6. The topological polar surface area (TPSA) is 313 Å². The molecule has 0 spiro atoms. The van der Waals surface area contributed by atoms with Gasteiger partial charge in [0.2, 0.25) is 6.29 Å². The zero-order chi connectivity index (χ0) is 39.2. The number of rotatable bonds is 10. The van der Waals surface area contributed by atoms with Crippen molar-refractivity contribution < 1.29 is 98.9 Å². The largest absolute Gasteiger partial charge is 0.507 e. The molecule has 0 radical (unpaired) electrons. The van der Waals surface area contributed by atoms with Gasteiger partial charge in [-0.25, -0.2) is 0 Å². The number of ketones is 1. The molecular formula is C34H44O20. The Hall–Kier alpha value is -3.45. The smallest absolute Gasteiger partial charge is 0.229 e. The second-order valence-electron chi connectivity index (χ2n) is 13.4. The summed E-state index contributed by atoms with van der Waals surface area (Å²) in [5.41, 5.74) is 0.261. The van der Waals surface area contributed by atoms with E-state index in [1.807, 2.05) is 0 Å². The fourth-order valence-corrected chi connectivity index (χ4v) is 6.69. The van der Waals surface area contributed by atoms with E-state index in [1.54, 1.807) is 6.07 Å². The van der Waals surface area contributed by atoms with Crippen LogP contribution in [0.1, 0.15) is 35.4 Å². The summed E-state index contributed by atoms with van der Waals surface area (Å²) in [6.07, 6.45) is -26.1. The Morgan fingerprint density at radius 2 is 1.41 bits per heavy atom. The Labute approximate surface area is 306 Å². The van der Waals surface area contributed by atoms with Gasteiger partial charge >= 0.3 is 0 Å². The van der Waals surface area contributed by atoms with Crippen LogP contribution in [-0.2, 0) is 23.7 Å². The van der Waals surface area contributed by atoms with Gasteiger partial charge in [0.25, 0.3) is 0 Å². The zero-order valence-corrected chi connectivity index (χ0v) is 28.8. The Morgan fingerprint density at radius 1 is 0.741 bits per heavy atom. The van der Waals surface area contributed by atoms with Gasteiger partial charge in [-0.15, -0.1) is 0 Å². The van der Waals surface area contributed by atoms with Crippen molar-refractivity contribution in [3.05, 3.63) is 41.5 Å². The fraction of sp³-hybridized carbons (Fsp3) is 0.618. The lowest BCUT2D eigenvalue weighted by Crippen LogP contribution is -2.65. The summed E-state index contributed by atoms with van der Waals surface area (Å²) in [6.45, 7) is -0.0296. The maximum absolute atomic E-state index is 13.1. The predicted octanol–water partition coefficient (Wildman–Crippen LogP) is -3.33. The average Bonchev–Trinajstić information content (AvgIpc) is 3.14. The van der Waals surface area contributed by atoms with Crippen molar-refractivity contribution >= 4 is 5.78 Å². The van der Waals surface area contributed by atoms with E-state index < -0.39 is 123 Å². The third kappa shape index (κ3) is 7.81. The zero-order valence-electron chi connectivity index (χ0n) is 28.8. The number of phenols is 2. The maximum atomic E-state index is 13.1. The van der Waals surface area contributed by atoms with E-state index in [1.165, 1.54) is 32.2 Å². The third-order valence-electron chi connectivity index (χ3n) is 9.81. The summed E-state index contributed by atoms with van der Waals surface area (Å²) in [6, 6.07) is 6.71. The fourth-order valence-electron chi connectivity index (χ4n) is 6.69. The molecule has 4 aliphatic heterocycles. The van der Waals surface area contributed by atoms with Crippen LogP contribution in [0.5, 0.6) is 28.7 Å². The molecule has 300 valence electrons. The van der Waals surface area contributed by atoms with Gasteiger partial charge in [-0.2, -0.15) is 0 Å². The van der Waals surface area contributed by atoms with Gasteiger partial charge in [0.15, 0.2) is 29.9 Å². The summed E-state index contributed by atoms with van der Waals surface area (Å²) in [4.78, 5) is 13.1. The van der Waals surface area contributed by atoms with Crippen molar-refractivity contribution in [3.63, 3.8) is 0 Å². The third-order valence-corrected chi connectivity index (χ3v) is 9.81. The van der Waals surface area contributed by atoms with Crippen molar-refractivity contribution in [1.29, 1.82) is 0 Å². The van der Waals surface area contributed by atoms with Gasteiger partial charge in [-0.1, -0.05) is 6.07 Å². The highest BCUT2D eigenvalue weighted by molar-refractivity contribution is 6.02. The predicted molar refractivity (Wildman–Crippen MR) is 173 cm³/mol. The molecule has 6 rings (SSSR count). The van der Waals surface area contributed by atoms with Crippen LogP contribution >= 0.6 is 0 Å². The van der Waals surface area contributed by atoms with Gasteiger partial charge in [0.05, 0.1) is 32.8 Å². The number of methoxy groups -OCH3 is 1. The number of Topliss-reactive ketones (excluding diaryl/α,β-unsaturated/α-hetero) is 1. The molecule has 16 atom stereocenters. The van der Waals surface area contributed by atoms with E-state index in [2.05, 4.69) is 0 Å². The number of carbonyl (C=O) groups is 1. The Morgan fingerprint density at radius 3 is 2.09 bits per heavy atom. The minimum absolute atomic E-state index is 0.116. The van der Waals surface area contributed by atoms with Gasteiger partial charge < -0.3 is 94.1 Å². The van der Waals surface area contributed by atoms with E-state index in [9.17, 15) is 61.0 Å². The van der Waals surface area contributed by atoms with E-state index in [0.29, 0.717) is 5.56 Å². The Kier molecular flexibility index (Phi) is 12.2. The first kappa shape index (κ1) is 40.2. The minimum Gasteiger partial charge on any atom is -0.507 e. The van der Waals surface area contributed by atoms with Crippen molar-refractivity contribution in [2.24, 2.45) is 0 Å². The number of ether oxygens (including phenoxy) is 8. The van der Waals surface area contributed by atoms with E-state index in [4.69, 9.17) is 37.9 Å². The van der Waals surface area contributed by atoms with Crippen molar-refractivity contribution in [1.82, 2.24) is 0 Å². The first-order valence-corrected chi connectivity index (χ1v) is 17.0. The molecule has 11 N–H and O–H groups in total. The lowest BCUT2D eigenvalue weighted by Gasteiger charge is -2.46. The van der Waals surface area contributed by atoms with Crippen molar-refractivity contribution in [2.45, 2.75) is 112 Å². The first-order valence-electron chi connectivity index (χ1n) is 17.0. The van der Waals surface area contributed by atoms with E-state index >= 15 is 0 Å². The van der Waals surface area contributed by atoms with Gasteiger partial charge in [0, 0.05) is 12.1 Å². The number of phenolic OH excluding ortho intramolecular Hbond substituents is 2. The number of fused-ring (bicyclic) bond motifs is 1. The summed E-state index contributed by atoms with van der Waals surface area (Å²) >= 11 is 0. The van der Waals surface area contributed by atoms with E-state index in [0.717, 1.165) is 6.07 Å². The van der Waals surface area contributed by atoms with Gasteiger partial charge in [0.1, 0.15) is 96.1 Å². The van der Waals surface area contributed by atoms with Gasteiger partial charge in [-0.05, 0) is 24.6 Å². The number of benzene rings is 2. The second-order valence-corrected chi connectivity index (χ2v) is 13.4. The van der Waals surface area contributed by atoms with Crippen molar-refractivity contribution in [3.8, 4) is 28.7 Å². The Bertz CT molecular complexity index is 1620. The molecule has 0 aromatic heterocycles. The molecule has 15 unspecified atom stereocenters. The van der Waals surface area contributed by atoms with Crippen LogP contribution in [0.2, 0.25) is 0 Å². The molecule has 0 aliphatic carbocycles. The summed E-state index contributed by atoms with van der Waals surface area (Å²) < 4.78 is 45.1. The monoisotopic (exact) mass is 772 g/mol. The van der Waals surface area contributed by atoms with Crippen LogP contribution < -0.4 is 14.2 Å². The summed E-state index contributed by atoms with van der Waals surface area (Å²) in [5, 5.41) is 115. The molecule has 0 amide bonds. The highest BCUT2D eigenvalue weighted by atomic mass is 16.8. The Balaban J connectivity index is 1.24. The molecule has 2 aromatic carbocycles. The van der Waals surface area contributed by atoms with Crippen LogP contribution in [-0.4, -0.2) is 174 Å². The molecule has 3 saturated heterocycles. The normalized spacial score (nSPS) is 39.7. The number of aliphatic hydroxyl groups excluding tert-OH is 9. The second kappa shape index (κ2) is 16.3. The maximum Gasteiger partial charge on any atom is 0.229 e. The van der Waals surface area contributed by atoms with Crippen LogP contribution in [0.25, 0.3) is 0 Å². The molecule has 4 heterocycles. The van der Waals surface area contributed by atoms with Crippen LogP contribution in [0.3, 0.4) is 0 Å². The molecule has 0 bridgehead atoms. The number of aromatic hydroxyl groups is 2. The van der Waals surface area contributed by atoms with Crippen LogP contribution in [0.4, 0.5) is 0 Å². The highest BCUT2D eigenvalue weighted by Crippen LogP contribution is 2.44. The average molecular weight is 773 g/mol. The summed E-state index contributed by atoms with van der Waals surface area (Å²) in [5.74, 6) is -1.36. The standard InChI is InChI=1S/C34H44O20/c1-11-23(39)25(41)28(44)32(49-11)48-10-21-31(54-34-29(45)26(42)24(40)20(9-35)52-34)27(43)30(46)33(53-21)50-13-6-15(37)22-16(38)8-18(51-19(22)7-13)12-3-4-17(47-2)14(36)5-12/h3-7,11,18,20-21,23-37,39-46H,8-10H2,1-2H3/t11?,18-,20?,21?,23?,24?,25?,26?,27?,28?,29?,30?,31?,32?,33?,34?/m1/s1. The number of aliphatic hydroxyl groups is 9. The molecule has 0 saturated carbocycles. The van der Waals surface area contributed by atoms with Crippen LogP contribution in [0, 0.1) is 0 Å². The molecular weight excluding hydrogens is 728 g/mol. The van der Waals surface area contributed by atoms with Crippen LogP contribution in [0.15, 0.2) is 30.3 Å².